The molecule has 25 heavy (non-hydrogen) atoms. The summed E-state index contributed by atoms with van der Waals surface area (Å²) in [6.45, 7) is 3.25. The van der Waals surface area contributed by atoms with Gasteiger partial charge >= 0.3 is 0 Å². The second-order valence-electron chi connectivity index (χ2n) is 5.79. The Bertz CT molecular complexity index is 775. The minimum Gasteiger partial charge on any atom is -0.367 e. The van der Waals surface area contributed by atoms with Crippen LogP contribution >= 0.6 is 0 Å². The first-order valence-corrected chi connectivity index (χ1v) is 7.99. The van der Waals surface area contributed by atoms with E-state index in [-0.39, 0.29) is 24.5 Å². The highest BCUT2D eigenvalue weighted by Crippen LogP contribution is 2.19. The van der Waals surface area contributed by atoms with Gasteiger partial charge in [0.2, 0.25) is 5.91 Å². The Kier molecular flexibility index (Phi) is 5.03. The molecule has 2 aromatic rings. The van der Waals surface area contributed by atoms with Gasteiger partial charge in [-0.15, -0.1) is 0 Å². The molecule has 1 atom stereocenters. The van der Waals surface area contributed by atoms with Gasteiger partial charge < -0.3 is 15.0 Å². The van der Waals surface area contributed by atoms with Crippen molar-refractivity contribution in [3.8, 4) is 0 Å². The van der Waals surface area contributed by atoms with Gasteiger partial charge in [-0.1, -0.05) is 0 Å². The summed E-state index contributed by atoms with van der Waals surface area (Å²) >= 11 is 0. The van der Waals surface area contributed by atoms with Gasteiger partial charge in [-0.25, -0.2) is 9.97 Å². The lowest BCUT2D eigenvalue weighted by atomic mass is 10.2. The topological polar surface area (TPSA) is 102 Å². The van der Waals surface area contributed by atoms with Crippen molar-refractivity contribution >= 4 is 11.8 Å². The smallest absolute Gasteiger partial charge is 0.272 e. The van der Waals surface area contributed by atoms with Gasteiger partial charge in [-0.05, 0) is 12.1 Å². The molecule has 2 amide bonds. The van der Waals surface area contributed by atoms with Crippen LogP contribution < -0.4 is 5.32 Å². The van der Waals surface area contributed by atoms with E-state index in [4.69, 9.17) is 4.74 Å². The zero-order valence-corrected chi connectivity index (χ0v) is 14.2. The molecule has 0 aliphatic carbocycles. The van der Waals surface area contributed by atoms with Crippen LogP contribution in [0.5, 0.6) is 0 Å². The van der Waals surface area contributed by atoms with Crippen molar-refractivity contribution in [1.29, 1.82) is 0 Å². The SMILES string of the molecule is CC(=O)N1CCO[C@H](c2nccc(CNC(=O)c3ccn(C)n3)n2)C1. The van der Waals surface area contributed by atoms with Gasteiger partial charge in [-0.3, -0.25) is 14.3 Å². The average molecular weight is 344 g/mol. The molecule has 1 fully saturated rings. The molecule has 3 rings (SSSR count). The number of hydrogen-bond acceptors (Lipinski definition) is 6. The Labute approximate surface area is 145 Å². The zero-order chi connectivity index (χ0) is 17.8. The average Bonchev–Trinajstić information content (AvgIpc) is 3.06. The molecule has 0 aromatic carbocycles. The van der Waals surface area contributed by atoms with E-state index in [0.29, 0.717) is 36.9 Å². The largest absolute Gasteiger partial charge is 0.367 e. The molecule has 9 heteroatoms. The van der Waals surface area contributed by atoms with E-state index in [2.05, 4.69) is 20.4 Å². The first kappa shape index (κ1) is 17.0. The lowest BCUT2D eigenvalue weighted by Crippen LogP contribution is -2.41. The molecule has 2 aromatic heterocycles. The Hall–Kier alpha value is -2.81. The number of nitrogens with one attached hydrogen (secondary N) is 1. The Balaban J connectivity index is 1.63. The van der Waals surface area contributed by atoms with Gasteiger partial charge in [0.1, 0.15) is 11.8 Å². The van der Waals surface area contributed by atoms with E-state index in [1.165, 1.54) is 6.92 Å². The third-order valence-electron chi connectivity index (χ3n) is 3.91. The monoisotopic (exact) mass is 344 g/mol. The lowest BCUT2D eigenvalue weighted by molar-refractivity contribution is -0.136. The van der Waals surface area contributed by atoms with E-state index in [0.717, 1.165) is 0 Å². The number of ether oxygens (including phenoxy) is 1. The normalized spacial score (nSPS) is 17.4. The van der Waals surface area contributed by atoms with Crippen molar-refractivity contribution in [2.24, 2.45) is 7.05 Å². The quantitative estimate of drug-likeness (QED) is 0.841. The minimum atomic E-state index is -0.357. The number of aryl methyl sites for hydroxylation is 1. The molecule has 0 unspecified atom stereocenters. The molecule has 1 saturated heterocycles. The minimum absolute atomic E-state index is 0.00655. The summed E-state index contributed by atoms with van der Waals surface area (Å²) < 4.78 is 7.25. The van der Waals surface area contributed by atoms with E-state index in [9.17, 15) is 9.59 Å². The molecule has 1 aliphatic heterocycles. The van der Waals surface area contributed by atoms with Crippen molar-refractivity contribution in [2.45, 2.75) is 19.6 Å². The summed E-state index contributed by atoms with van der Waals surface area (Å²) in [7, 11) is 1.75. The molecule has 1 aliphatic rings. The fourth-order valence-electron chi connectivity index (χ4n) is 2.56. The van der Waals surface area contributed by atoms with Crippen LogP contribution in [0.15, 0.2) is 24.5 Å². The fraction of sp³-hybridized carbons (Fsp3) is 0.438. The highest BCUT2D eigenvalue weighted by Gasteiger charge is 2.25. The van der Waals surface area contributed by atoms with E-state index in [1.54, 1.807) is 41.2 Å². The standard InChI is InChI=1S/C16H20N6O3/c1-11(23)22-7-8-25-14(10-22)15-17-5-3-12(19-15)9-18-16(24)13-4-6-21(2)20-13/h3-6,14H,7-10H2,1-2H3,(H,18,24)/t14-/m0/s1. The van der Waals surface area contributed by atoms with Crippen LogP contribution in [-0.4, -0.2) is 56.2 Å². The second kappa shape index (κ2) is 7.39. The fourth-order valence-corrected chi connectivity index (χ4v) is 2.56. The summed E-state index contributed by atoms with van der Waals surface area (Å²) in [5.74, 6) is 0.250. The first-order valence-electron chi connectivity index (χ1n) is 7.99. The Morgan fingerprint density at radius 3 is 2.96 bits per heavy atom. The van der Waals surface area contributed by atoms with Crippen LogP contribution in [-0.2, 0) is 23.1 Å². The van der Waals surface area contributed by atoms with Gasteiger partial charge in [0.25, 0.3) is 5.91 Å². The molecule has 132 valence electrons. The van der Waals surface area contributed by atoms with E-state index in [1.807, 2.05) is 0 Å². The van der Waals surface area contributed by atoms with Gasteiger partial charge in [-0.2, -0.15) is 5.10 Å². The maximum Gasteiger partial charge on any atom is 0.272 e. The molecule has 1 N–H and O–H groups in total. The van der Waals surface area contributed by atoms with Crippen LogP contribution in [0.1, 0.15) is 35.0 Å². The van der Waals surface area contributed by atoms with Gasteiger partial charge in [0.15, 0.2) is 5.82 Å². The lowest BCUT2D eigenvalue weighted by Gasteiger charge is -2.31. The molecule has 0 saturated carbocycles. The number of amides is 2. The third kappa shape index (κ3) is 4.18. The molecule has 9 nitrogen and oxygen atoms in total. The number of aromatic nitrogens is 4. The summed E-state index contributed by atoms with van der Waals surface area (Å²) in [4.78, 5) is 34.0. The number of hydrogen-bond donors (Lipinski definition) is 1. The number of carbonyl (C=O) groups is 2. The number of nitrogens with zero attached hydrogens (tertiary/aromatic N) is 5. The molecule has 3 heterocycles. The van der Waals surface area contributed by atoms with Crippen LogP contribution in [0.4, 0.5) is 0 Å². The number of rotatable bonds is 4. The third-order valence-corrected chi connectivity index (χ3v) is 3.91. The molecule has 0 radical (unpaired) electrons. The van der Waals surface area contributed by atoms with Gasteiger partial charge in [0, 0.05) is 32.9 Å². The Morgan fingerprint density at radius 1 is 1.40 bits per heavy atom. The second-order valence-corrected chi connectivity index (χ2v) is 5.79. The number of morpholine rings is 1. The van der Waals surface area contributed by atoms with Crippen molar-refractivity contribution in [2.75, 3.05) is 19.7 Å². The van der Waals surface area contributed by atoms with Gasteiger partial charge in [0.05, 0.1) is 25.4 Å². The molecular formula is C16H20N6O3. The first-order chi connectivity index (χ1) is 12.0. The van der Waals surface area contributed by atoms with E-state index < -0.39 is 0 Å². The molecule has 0 spiro atoms. The zero-order valence-electron chi connectivity index (χ0n) is 14.2. The maximum absolute atomic E-state index is 12.0. The summed E-state index contributed by atoms with van der Waals surface area (Å²) in [5, 5.41) is 6.83. The Morgan fingerprint density at radius 2 is 2.24 bits per heavy atom. The van der Waals surface area contributed by atoms with E-state index >= 15 is 0 Å². The highest BCUT2D eigenvalue weighted by molar-refractivity contribution is 5.92. The van der Waals surface area contributed by atoms with Crippen LogP contribution in [0.2, 0.25) is 0 Å². The van der Waals surface area contributed by atoms with Crippen molar-refractivity contribution in [3.63, 3.8) is 0 Å². The highest BCUT2D eigenvalue weighted by atomic mass is 16.5. The van der Waals surface area contributed by atoms with Crippen molar-refractivity contribution in [3.05, 3.63) is 41.7 Å². The summed E-state index contributed by atoms with van der Waals surface area (Å²) in [6, 6.07) is 3.38. The van der Waals surface area contributed by atoms with Crippen LogP contribution in [0, 0.1) is 0 Å². The number of carbonyl (C=O) groups excluding carboxylic acids is 2. The maximum atomic E-state index is 12.0. The molecule has 0 bridgehead atoms. The predicted molar refractivity (Wildman–Crippen MR) is 87.4 cm³/mol. The molecular weight excluding hydrogens is 324 g/mol. The van der Waals surface area contributed by atoms with Crippen LogP contribution in [0.25, 0.3) is 0 Å². The predicted octanol–water partition coefficient (Wildman–Crippen LogP) is 0.0599. The summed E-state index contributed by atoms with van der Waals surface area (Å²) in [6.07, 6.45) is 2.98. The van der Waals surface area contributed by atoms with Crippen LogP contribution in [0.3, 0.4) is 0 Å². The van der Waals surface area contributed by atoms with Crippen molar-refractivity contribution in [1.82, 2.24) is 30.0 Å². The summed E-state index contributed by atoms with van der Waals surface area (Å²) in [5.41, 5.74) is 1.02. The van der Waals surface area contributed by atoms with Crippen molar-refractivity contribution < 1.29 is 14.3 Å².